The minimum Gasteiger partial charge on any atom is -0.345 e. The van der Waals surface area contributed by atoms with Crippen molar-refractivity contribution in [3.05, 3.63) is 77.9 Å². The van der Waals surface area contributed by atoms with Crippen molar-refractivity contribution >= 4 is 17.0 Å². The predicted molar refractivity (Wildman–Crippen MR) is 99.1 cm³/mol. The van der Waals surface area contributed by atoms with E-state index in [9.17, 15) is 0 Å². The Morgan fingerprint density at radius 2 is 1.68 bits per heavy atom. The maximum absolute atomic E-state index is 4.25. The van der Waals surface area contributed by atoms with Gasteiger partial charge in [-0.2, -0.15) is 0 Å². The van der Waals surface area contributed by atoms with Gasteiger partial charge in [0.15, 0.2) is 0 Å². The fraction of sp³-hybridized carbons (Fsp3) is 0.238. The zero-order valence-corrected chi connectivity index (χ0v) is 14.1. The van der Waals surface area contributed by atoms with Gasteiger partial charge in [0.2, 0.25) is 0 Å². The molecule has 0 saturated heterocycles. The Bertz CT molecular complexity index is 692. The molecule has 0 bridgehead atoms. The van der Waals surface area contributed by atoms with Crippen molar-refractivity contribution in [1.82, 2.24) is 0 Å². The lowest BCUT2D eigenvalue weighted by atomic mass is 9.99. The highest BCUT2D eigenvalue weighted by Crippen LogP contribution is 2.28. The van der Waals surface area contributed by atoms with E-state index in [1.54, 1.807) is 0 Å². The van der Waals surface area contributed by atoms with Crippen molar-refractivity contribution in [1.29, 1.82) is 0 Å². The molecule has 0 aromatic heterocycles. The van der Waals surface area contributed by atoms with E-state index in [2.05, 4.69) is 88.3 Å². The summed E-state index contributed by atoms with van der Waals surface area (Å²) in [5.41, 5.74) is 8.27. The molecule has 0 N–H and O–H groups in total. The Kier molecular flexibility index (Phi) is 4.87. The molecule has 0 aliphatic heterocycles. The Balaban J connectivity index is 2.32. The van der Waals surface area contributed by atoms with Crippen LogP contribution in [0.15, 0.2) is 55.6 Å². The third-order valence-corrected chi connectivity index (χ3v) is 4.11. The molecule has 0 heterocycles. The lowest BCUT2D eigenvalue weighted by Gasteiger charge is -2.24. The first kappa shape index (κ1) is 16.1. The molecular formula is C21H25N. The summed E-state index contributed by atoms with van der Waals surface area (Å²) in [5.74, 6) is 0. The van der Waals surface area contributed by atoms with Crippen molar-refractivity contribution in [3.8, 4) is 0 Å². The Morgan fingerprint density at radius 1 is 1.05 bits per heavy atom. The smallest absolute Gasteiger partial charge is 0.0411 e. The maximum Gasteiger partial charge on any atom is 0.0411 e. The highest BCUT2D eigenvalue weighted by Gasteiger charge is 2.10. The van der Waals surface area contributed by atoms with E-state index in [0.717, 1.165) is 28.9 Å². The van der Waals surface area contributed by atoms with Gasteiger partial charge in [-0.1, -0.05) is 61.5 Å². The van der Waals surface area contributed by atoms with Gasteiger partial charge in [-0.3, -0.25) is 0 Å². The molecule has 0 saturated carbocycles. The second-order valence-corrected chi connectivity index (χ2v) is 5.85. The summed E-state index contributed by atoms with van der Waals surface area (Å²) in [6, 6.07) is 15.0. The van der Waals surface area contributed by atoms with Crippen LogP contribution >= 0.6 is 0 Å². The van der Waals surface area contributed by atoms with Crippen molar-refractivity contribution in [2.75, 3.05) is 11.9 Å². The summed E-state index contributed by atoms with van der Waals surface area (Å²) < 4.78 is 0. The number of hydrogen-bond acceptors (Lipinski definition) is 1. The maximum atomic E-state index is 4.25. The fourth-order valence-corrected chi connectivity index (χ4v) is 2.59. The van der Waals surface area contributed by atoms with Crippen molar-refractivity contribution in [2.45, 2.75) is 27.2 Å². The first-order valence-corrected chi connectivity index (χ1v) is 7.72. The third-order valence-electron chi connectivity index (χ3n) is 4.11. The van der Waals surface area contributed by atoms with Crippen LogP contribution in [0.3, 0.4) is 0 Å². The second kappa shape index (κ2) is 6.65. The molecule has 0 radical (unpaired) electrons. The van der Waals surface area contributed by atoms with E-state index in [-0.39, 0.29) is 0 Å². The van der Waals surface area contributed by atoms with Gasteiger partial charge in [0, 0.05) is 18.4 Å². The summed E-state index contributed by atoms with van der Waals surface area (Å²) >= 11 is 0. The van der Waals surface area contributed by atoms with Crippen LogP contribution in [0.5, 0.6) is 0 Å². The Hall–Kier alpha value is -2.28. The van der Waals surface area contributed by atoms with E-state index in [0.29, 0.717) is 0 Å². The number of nitrogens with zero attached hydrogens (tertiary/aromatic N) is 1. The molecule has 0 spiro atoms. The number of benzene rings is 2. The van der Waals surface area contributed by atoms with Crippen LogP contribution in [0.1, 0.15) is 36.1 Å². The van der Waals surface area contributed by atoms with Crippen LogP contribution in [-0.4, -0.2) is 7.05 Å². The highest BCUT2D eigenvalue weighted by molar-refractivity contribution is 5.79. The van der Waals surface area contributed by atoms with Gasteiger partial charge in [-0.05, 0) is 49.1 Å². The molecule has 0 aliphatic carbocycles. The van der Waals surface area contributed by atoms with Gasteiger partial charge in [-0.15, -0.1) is 0 Å². The average molecular weight is 291 g/mol. The van der Waals surface area contributed by atoms with Crippen LogP contribution in [0, 0.1) is 6.92 Å². The molecule has 2 rings (SSSR count). The first-order valence-electron chi connectivity index (χ1n) is 7.72. The molecule has 114 valence electrons. The van der Waals surface area contributed by atoms with Crippen LogP contribution in [0.4, 0.5) is 5.69 Å². The number of hydrogen-bond donors (Lipinski definition) is 0. The van der Waals surface area contributed by atoms with Crippen molar-refractivity contribution < 1.29 is 0 Å². The quantitative estimate of drug-likeness (QED) is 0.683. The summed E-state index contributed by atoms with van der Waals surface area (Å²) in [7, 11) is 2.07. The molecule has 2 aromatic carbocycles. The molecule has 2 aromatic rings. The van der Waals surface area contributed by atoms with E-state index >= 15 is 0 Å². The summed E-state index contributed by atoms with van der Waals surface area (Å²) in [5, 5.41) is 0. The summed E-state index contributed by atoms with van der Waals surface area (Å²) in [6.45, 7) is 14.7. The number of aryl methyl sites for hydroxylation is 2. The molecule has 0 aliphatic rings. The topological polar surface area (TPSA) is 3.24 Å². The third kappa shape index (κ3) is 3.30. The Morgan fingerprint density at radius 3 is 2.23 bits per heavy atom. The van der Waals surface area contributed by atoms with Crippen molar-refractivity contribution in [2.24, 2.45) is 0 Å². The van der Waals surface area contributed by atoms with Gasteiger partial charge in [0.25, 0.3) is 0 Å². The standard InChI is InChI=1S/C21H25N/c1-7-18-14-20(12-13-21(18)15(2)3)22(6)17(5)19-10-8-16(4)9-11-19/h8-14H,2,5,7H2,1,3-4,6H3. The van der Waals surface area contributed by atoms with Gasteiger partial charge < -0.3 is 4.90 Å². The van der Waals surface area contributed by atoms with Gasteiger partial charge in [-0.25, -0.2) is 0 Å². The summed E-state index contributed by atoms with van der Waals surface area (Å²) in [4.78, 5) is 2.14. The monoisotopic (exact) mass is 291 g/mol. The molecule has 1 heteroatoms. The van der Waals surface area contributed by atoms with Crippen LogP contribution in [0.25, 0.3) is 11.3 Å². The summed E-state index contributed by atoms with van der Waals surface area (Å²) in [6.07, 6.45) is 1.00. The van der Waals surface area contributed by atoms with E-state index in [1.165, 1.54) is 16.7 Å². The SMILES string of the molecule is C=C(C)c1ccc(N(C)C(=C)c2ccc(C)cc2)cc1CC. The largest absolute Gasteiger partial charge is 0.345 e. The van der Waals surface area contributed by atoms with Crippen LogP contribution < -0.4 is 4.90 Å². The minimum absolute atomic E-state index is 1.00. The predicted octanol–water partition coefficient (Wildman–Crippen LogP) is 5.70. The highest BCUT2D eigenvalue weighted by atomic mass is 15.1. The molecule has 0 fully saturated rings. The second-order valence-electron chi connectivity index (χ2n) is 5.85. The molecule has 22 heavy (non-hydrogen) atoms. The van der Waals surface area contributed by atoms with Gasteiger partial charge >= 0.3 is 0 Å². The van der Waals surface area contributed by atoms with E-state index < -0.39 is 0 Å². The zero-order valence-electron chi connectivity index (χ0n) is 14.1. The first-order chi connectivity index (χ1) is 10.4. The molecular weight excluding hydrogens is 266 g/mol. The molecule has 0 amide bonds. The molecule has 1 nitrogen and oxygen atoms in total. The van der Waals surface area contributed by atoms with E-state index in [4.69, 9.17) is 0 Å². The number of rotatable bonds is 5. The van der Waals surface area contributed by atoms with Gasteiger partial charge in [0.1, 0.15) is 0 Å². The molecule has 0 unspecified atom stereocenters. The lowest BCUT2D eigenvalue weighted by molar-refractivity contribution is 1.11. The Labute approximate surface area is 134 Å². The van der Waals surface area contributed by atoms with Crippen LogP contribution in [0.2, 0.25) is 0 Å². The zero-order chi connectivity index (χ0) is 16.3. The van der Waals surface area contributed by atoms with Gasteiger partial charge in [0.05, 0.1) is 0 Å². The van der Waals surface area contributed by atoms with E-state index in [1.807, 2.05) is 0 Å². The minimum atomic E-state index is 1.00. The molecule has 0 atom stereocenters. The number of allylic oxidation sites excluding steroid dienone is 1. The lowest BCUT2D eigenvalue weighted by Crippen LogP contribution is -2.15. The fourth-order valence-electron chi connectivity index (χ4n) is 2.59. The number of anilines is 1. The average Bonchev–Trinajstić information content (AvgIpc) is 2.53. The van der Waals surface area contributed by atoms with Crippen LogP contribution in [-0.2, 0) is 6.42 Å². The van der Waals surface area contributed by atoms with Crippen molar-refractivity contribution in [3.63, 3.8) is 0 Å². The normalized spacial score (nSPS) is 10.4.